The van der Waals surface area contributed by atoms with Crippen LogP contribution in [-0.4, -0.2) is 54.5 Å². The van der Waals surface area contributed by atoms with Crippen LogP contribution in [0.1, 0.15) is 32.6 Å². The van der Waals surface area contributed by atoms with Crippen molar-refractivity contribution in [1.29, 1.82) is 0 Å². The molecule has 1 aliphatic rings. The van der Waals surface area contributed by atoms with Gasteiger partial charge in [0, 0.05) is 46.2 Å². The third-order valence-corrected chi connectivity index (χ3v) is 4.21. The van der Waals surface area contributed by atoms with Gasteiger partial charge in [0.1, 0.15) is 18.0 Å². The van der Waals surface area contributed by atoms with Gasteiger partial charge in [-0.1, -0.05) is 0 Å². The maximum Gasteiger partial charge on any atom is 0.222 e. The Balaban J connectivity index is 1.81. The molecule has 0 aromatic carbocycles. The maximum atomic E-state index is 11.7. The van der Waals surface area contributed by atoms with Crippen molar-refractivity contribution in [1.82, 2.24) is 14.9 Å². The van der Waals surface area contributed by atoms with Crippen LogP contribution in [-0.2, 0) is 4.79 Å². The molecule has 0 bridgehead atoms. The summed E-state index contributed by atoms with van der Waals surface area (Å²) in [4.78, 5) is 24.2. The van der Waals surface area contributed by atoms with Crippen LogP contribution >= 0.6 is 0 Å². The number of amides is 1. The monoisotopic (exact) mass is 305 g/mol. The summed E-state index contributed by atoms with van der Waals surface area (Å²) in [6.07, 6.45) is 5.53. The van der Waals surface area contributed by atoms with E-state index in [0.29, 0.717) is 12.3 Å². The second-order valence-electron chi connectivity index (χ2n) is 6.05. The molecule has 1 N–H and O–H groups in total. The fraction of sp³-hybridized carbons (Fsp3) is 0.688. The molecule has 0 aliphatic carbocycles. The fourth-order valence-corrected chi connectivity index (χ4v) is 2.80. The van der Waals surface area contributed by atoms with Gasteiger partial charge in [-0.15, -0.1) is 0 Å². The number of rotatable bonds is 6. The van der Waals surface area contributed by atoms with Crippen molar-refractivity contribution in [3.8, 4) is 0 Å². The normalized spacial score (nSPS) is 15.7. The number of nitrogens with zero attached hydrogens (tertiary/aromatic N) is 4. The molecule has 1 fully saturated rings. The third-order valence-electron chi connectivity index (χ3n) is 4.21. The summed E-state index contributed by atoms with van der Waals surface area (Å²) in [5.41, 5.74) is 0. The summed E-state index contributed by atoms with van der Waals surface area (Å²) >= 11 is 0. The van der Waals surface area contributed by atoms with Crippen molar-refractivity contribution in [3.63, 3.8) is 0 Å². The largest absolute Gasteiger partial charge is 0.370 e. The van der Waals surface area contributed by atoms with Crippen LogP contribution < -0.4 is 10.2 Å². The van der Waals surface area contributed by atoms with Gasteiger partial charge in [0.15, 0.2) is 0 Å². The SMILES string of the molecule is CCNc1cc(N2CCC(CCC(=O)N(C)C)CC2)ncn1. The Labute approximate surface area is 132 Å². The Morgan fingerprint density at radius 1 is 1.36 bits per heavy atom. The van der Waals surface area contributed by atoms with E-state index in [1.54, 1.807) is 11.2 Å². The zero-order valence-electron chi connectivity index (χ0n) is 13.9. The molecule has 0 radical (unpaired) electrons. The first-order chi connectivity index (χ1) is 10.6. The van der Waals surface area contributed by atoms with Crippen molar-refractivity contribution < 1.29 is 4.79 Å². The first-order valence-corrected chi connectivity index (χ1v) is 8.11. The minimum Gasteiger partial charge on any atom is -0.370 e. The number of piperidine rings is 1. The highest BCUT2D eigenvalue weighted by atomic mass is 16.2. The van der Waals surface area contributed by atoms with E-state index in [4.69, 9.17) is 0 Å². The van der Waals surface area contributed by atoms with Crippen LogP contribution in [0.5, 0.6) is 0 Å². The summed E-state index contributed by atoms with van der Waals surface area (Å²) < 4.78 is 0. The highest BCUT2D eigenvalue weighted by molar-refractivity contribution is 5.75. The second kappa shape index (κ2) is 7.96. The lowest BCUT2D eigenvalue weighted by atomic mass is 9.92. The highest BCUT2D eigenvalue weighted by Crippen LogP contribution is 2.25. The lowest BCUT2D eigenvalue weighted by Crippen LogP contribution is -2.34. The van der Waals surface area contributed by atoms with Gasteiger partial charge in [0.05, 0.1) is 0 Å². The summed E-state index contributed by atoms with van der Waals surface area (Å²) in [5.74, 6) is 2.75. The number of aromatic nitrogens is 2. The molecule has 2 heterocycles. The quantitative estimate of drug-likeness (QED) is 0.871. The molecule has 6 heteroatoms. The first-order valence-electron chi connectivity index (χ1n) is 8.11. The molecule has 122 valence electrons. The Kier molecular flexibility index (Phi) is 5.98. The average molecular weight is 305 g/mol. The van der Waals surface area contributed by atoms with Crippen molar-refractivity contribution in [3.05, 3.63) is 12.4 Å². The Morgan fingerprint density at radius 3 is 2.73 bits per heavy atom. The number of carbonyl (C=O) groups excluding carboxylic acids is 1. The van der Waals surface area contributed by atoms with Crippen LogP contribution in [0.2, 0.25) is 0 Å². The summed E-state index contributed by atoms with van der Waals surface area (Å²) in [5, 5.41) is 3.22. The van der Waals surface area contributed by atoms with E-state index < -0.39 is 0 Å². The molecular formula is C16H27N5O. The van der Waals surface area contributed by atoms with Crippen LogP contribution in [0.15, 0.2) is 12.4 Å². The van der Waals surface area contributed by atoms with Gasteiger partial charge in [-0.25, -0.2) is 9.97 Å². The van der Waals surface area contributed by atoms with Gasteiger partial charge < -0.3 is 15.1 Å². The van der Waals surface area contributed by atoms with E-state index in [-0.39, 0.29) is 5.91 Å². The zero-order chi connectivity index (χ0) is 15.9. The second-order valence-corrected chi connectivity index (χ2v) is 6.05. The molecule has 22 heavy (non-hydrogen) atoms. The molecule has 1 saturated heterocycles. The highest BCUT2D eigenvalue weighted by Gasteiger charge is 2.21. The fourth-order valence-electron chi connectivity index (χ4n) is 2.80. The lowest BCUT2D eigenvalue weighted by molar-refractivity contribution is -0.129. The molecule has 1 aromatic rings. The lowest BCUT2D eigenvalue weighted by Gasteiger charge is -2.33. The van der Waals surface area contributed by atoms with Crippen molar-refractivity contribution in [2.24, 2.45) is 5.92 Å². The molecule has 1 aliphatic heterocycles. The van der Waals surface area contributed by atoms with Crippen LogP contribution in [0.25, 0.3) is 0 Å². The Bertz CT molecular complexity index is 483. The number of hydrogen-bond donors (Lipinski definition) is 1. The van der Waals surface area contributed by atoms with Crippen LogP contribution in [0.4, 0.5) is 11.6 Å². The molecule has 2 rings (SSSR count). The Morgan fingerprint density at radius 2 is 2.09 bits per heavy atom. The van der Waals surface area contributed by atoms with Gasteiger partial charge in [-0.3, -0.25) is 4.79 Å². The maximum absolute atomic E-state index is 11.7. The van der Waals surface area contributed by atoms with E-state index in [1.165, 1.54) is 0 Å². The van der Waals surface area contributed by atoms with E-state index in [0.717, 1.165) is 50.5 Å². The van der Waals surface area contributed by atoms with Crippen LogP contribution in [0, 0.1) is 5.92 Å². The van der Waals surface area contributed by atoms with E-state index >= 15 is 0 Å². The Hall–Kier alpha value is -1.85. The molecule has 0 atom stereocenters. The zero-order valence-corrected chi connectivity index (χ0v) is 13.9. The topological polar surface area (TPSA) is 61.4 Å². The molecular weight excluding hydrogens is 278 g/mol. The van der Waals surface area contributed by atoms with Gasteiger partial charge in [0.2, 0.25) is 5.91 Å². The number of nitrogens with one attached hydrogen (secondary N) is 1. The van der Waals surface area contributed by atoms with Crippen LogP contribution in [0.3, 0.4) is 0 Å². The predicted octanol–water partition coefficient (Wildman–Crippen LogP) is 1.99. The number of anilines is 2. The summed E-state index contributed by atoms with van der Waals surface area (Å²) in [6.45, 7) is 4.92. The van der Waals surface area contributed by atoms with Crippen molar-refractivity contribution in [2.45, 2.75) is 32.6 Å². The predicted molar refractivity (Wildman–Crippen MR) is 89.1 cm³/mol. The van der Waals surface area contributed by atoms with Gasteiger partial charge in [0.25, 0.3) is 0 Å². The molecule has 0 saturated carbocycles. The molecule has 6 nitrogen and oxygen atoms in total. The minimum absolute atomic E-state index is 0.230. The van der Waals surface area contributed by atoms with Gasteiger partial charge in [-0.2, -0.15) is 0 Å². The third kappa shape index (κ3) is 4.58. The summed E-state index contributed by atoms with van der Waals surface area (Å²) in [6, 6.07) is 2.01. The smallest absolute Gasteiger partial charge is 0.222 e. The number of hydrogen-bond acceptors (Lipinski definition) is 5. The van der Waals surface area contributed by atoms with E-state index in [1.807, 2.05) is 20.2 Å². The minimum atomic E-state index is 0.230. The average Bonchev–Trinajstić information content (AvgIpc) is 2.53. The summed E-state index contributed by atoms with van der Waals surface area (Å²) in [7, 11) is 3.64. The molecule has 0 spiro atoms. The van der Waals surface area contributed by atoms with E-state index in [2.05, 4.69) is 27.1 Å². The first kappa shape index (κ1) is 16.5. The van der Waals surface area contributed by atoms with Gasteiger partial charge in [-0.05, 0) is 32.1 Å². The molecule has 1 aromatic heterocycles. The van der Waals surface area contributed by atoms with Gasteiger partial charge >= 0.3 is 0 Å². The van der Waals surface area contributed by atoms with Crippen molar-refractivity contribution in [2.75, 3.05) is 43.9 Å². The molecule has 1 amide bonds. The standard InChI is InChI=1S/C16H27N5O/c1-4-17-14-11-15(19-12-18-14)21-9-7-13(8-10-21)5-6-16(22)20(2)3/h11-13H,4-10H2,1-3H3,(H,17,18,19). The van der Waals surface area contributed by atoms with Crippen molar-refractivity contribution >= 4 is 17.5 Å². The number of carbonyl (C=O) groups is 1. The van der Waals surface area contributed by atoms with E-state index in [9.17, 15) is 4.79 Å². The molecule has 0 unspecified atom stereocenters.